The summed E-state index contributed by atoms with van der Waals surface area (Å²) in [6.07, 6.45) is 4.98. The van der Waals surface area contributed by atoms with Crippen LogP contribution in [-0.4, -0.2) is 48.0 Å². The van der Waals surface area contributed by atoms with Gasteiger partial charge in [0, 0.05) is 37.3 Å². The van der Waals surface area contributed by atoms with Crippen molar-refractivity contribution in [3.8, 4) is 0 Å². The maximum absolute atomic E-state index is 12.4. The molecular weight excluding hydrogens is 338 g/mol. The van der Waals surface area contributed by atoms with E-state index in [9.17, 15) is 13.2 Å². The van der Waals surface area contributed by atoms with E-state index in [1.54, 1.807) is 47.8 Å². The third-order valence-corrected chi connectivity index (χ3v) is 6.29. The fourth-order valence-electron chi connectivity index (χ4n) is 3.09. The molecule has 2 heterocycles. The Hall–Kier alpha value is -2.28. The Morgan fingerprint density at radius 3 is 2.48 bits per heavy atom. The van der Waals surface area contributed by atoms with E-state index in [2.05, 4.69) is 9.97 Å². The van der Waals surface area contributed by atoms with Gasteiger partial charge in [0.05, 0.1) is 10.6 Å². The predicted molar refractivity (Wildman–Crippen MR) is 93.7 cm³/mol. The Balaban J connectivity index is 1.52. The first kappa shape index (κ1) is 17.5. The molecule has 1 aliphatic heterocycles. The van der Waals surface area contributed by atoms with Crippen LogP contribution in [0.2, 0.25) is 0 Å². The summed E-state index contributed by atoms with van der Waals surface area (Å²) in [5.74, 6) is 0.0857. The third-order valence-electron chi connectivity index (χ3n) is 4.56. The van der Waals surface area contributed by atoms with Crippen LogP contribution >= 0.6 is 0 Å². The van der Waals surface area contributed by atoms with Crippen molar-refractivity contribution in [1.82, 2.24) is 14.9 Å². The molecule has 0 radical (unpaired) electrons. The summed E-state index contributed by atoms with van der Waals surface area (Å²) >= 11 is 0. The van der Waals surface area contributed by atoms with Crippen molar-refractivity contribution < 1.29 is 13.2 Å². The van der Waals surface area contributed by atoms with Gasteiger partial charge in [-0.1, -0.05) is 18.2 Å². The summed E-state index contributed by atoms with van der Waals surface area (Å²) in [6, 6.07) is 10.2. The number of aromatic nitrogens is 2. The van der Waals surface area contributed by atoms with Gasteiger partial charge in [0.25, 0.3) is 0 Å². The van der Waals surface area contributed by atoms with Crippen molar-refractivity contribution in [2.24, 2.45) is 0 Å². The monoisotopic (exact) mass is 359 g/mol. The highest BCUT2D eigenvalue weighted by Crippen LogP contribution is 2.26. The van der Waals surface area contributed by atoms with Crippen LogP contribution in [0.5, 0.6) is 0 Å². The Morgan fingerprint density at radius 1 is 1.12 bits per heavy atom. The molecule has 132 valence electrons. The molecule has 0 bridgehead atoms. The van der Waals surface area contributed by atoms with Gasteiger partial charge in [-0.25, -0.2) is 18.4 Å². The first-order valence-electron chi connectivity index (χ1n) is 8.38. The van der Waals surface area contributed by atoms with Crippen molar-refractivity contribution in [3.63, 3.8) is 0 Å². The minimum absolute atomic E-state index is 0.0232. The van der Waals surface area contributed by atoms with Crippen molar-refractivity contribution in [2.45, 2.75) is 30.1 Å². The van der Waals surface area contributed by atoms with Crippen LogP contribution in [0.3, 0.4) is 0 Å². The molecule has 0 aliphatic carbocycles. The van der Waals surface area contributed by atoms with Gasteiger partial charge in [-0.3, -0.25) is 4.79 Å². The van der Waals surface area contributed by atoms with Crippen molar-refractivity contribution >= 4 is 15.7 Å². The Bertz CT molecular complexity index is 802. The van der Waals surface area contributed by atoms with Gasteiger partial charge in [-0.05, 0) is 31.0 Å². The molecule has 3 rings (SSSR count). The summed E-state index contributed by atoms with van der Waals surface area (Å²) in [5.41, 5.74) is 1.01. The zero-order valence-electron chi connectivity index (χ0n) is 13.9. The number of benzene rings is 1. The number of likely N-dealkylation sites (tertiary alicyclic amines) is 1. The number of rotatable bonds is 5. The molecule has 6 nitrogen and oxygen atoms in total. The fourth-order valence-corrected chi connectivity index (χ4v) is 4.34. The fraction of sp³-hybridized carbons (Fsp3) is 0.389. The van der Waals surface area contributed by atoms with E-state index >= 15 is 0 Å². The van der Waals surface area contributed by atoms with Crippen LogP contribution in [0.1, 0.15) is 30.9 Å². The largest absolute Gasteiger partial charge is 0.343 e. The molecule has 1 aromatic carbocycles. The summed E-state index contributed by atoms with van der Waals surface area (Å²) in [4.78, 5) is 22.6. The van der Waals surface area contributed by atoms with Gasteiger partial charge in [-0.15, -0.1) is 0 Å². The highest BCUT2D eigenvalue weighted by Gasteiger charge is 2.25. The van der Waals surface area contributed by atoms with Crippen LogP contribution in [0.15, 0.2) is 53.8 Å². The van der Waals surface area contributed by atoms with E-state index < -0.39 is 9.84 Å². The van der Waals surface area contributed by atoms with Crippen LogP contribution in [0.25, 0.3) is 0 Å². The van der Waals surface area contributed by atoms with Crippen LogP contribution in [0.4, 0.5) is 0 Å². The minimum atomic E-state index is -3.41. The molecular formula is C18H21N3O3S. The SMILES string of the molecule is O=C(CCS(=O)(=O)c1ccccc1)N1CCC(c2ccncn2)CC1. The highest BCUT2D eigenvalue weighted by atomic mass is 32.2. The van der Waals surface area contributed by atoms with Crippen molar-refractivity contribution in [3.05, 3.63) is 54.6 Å². The second-order valence-corrected chi connectivity index (χ2v) is 8.28. The molecule has 0 saturated carbocycles. The van der Waals surface area contributed by atoms with Crippen LogP contribution in [0, 0.1) is 0 Å². The van der Waals surface area contributed by atoms with Crippen LogP contribution in [-0.2, 0) is 14.6 Å². The molecule has 1 saturated heterocycles. The van der Waals surface area contributed by atoms with Crippen LogP contribution < -0.4 is 0 Å². The van der Waals surface area contributed by atoms with Gasteiger partial charge in [0.1, 0.15) is 6.33 Å². The van der Waals surface area contributed by atoms with Gasteiger partial charge in [0.15, 0.2) is 9.84 Å². The first-order chi connectivity index (χ1) is 12.1. The molecule has 25 heavy (non-hydrogen) atoms. The number of sulfone groups is 1. The summed E-state index contributed by atoms with van der Waals surface area (Å²) < 4.78 is 24.5. The molecule has 7 heteroatoms. The molecule has 0 spiro atoms. The molecule has 1 fully saturated rings. The van der Waals surface area contributed by atoms with E-state index in [0.29, 0.717) is 19.0 Å². The lowest BCUT2D eigenvalue weighted by Crippen LogP contribution is -2.38. The lowest BCUT2D eigenvalue weighted by molar-refractivity contribution is -0.131. The normalized spacial score (nSPS) is 15.9. The zero-order valence-corrected chi connectivity index (χ0v) is 14.7. The summed E-state index contributed by atoms with van der Waals surface area (Å²) in [7, 11) is -3.41. The van der Waals surface area contributed by atoms with E-state index in [-0.39, 0.29) is 23.0 Å². The molecule has 0 unspecified atom stereocenters. The van der Waals surface area contributed by atoms with E-state index in [4.69, 9.17) is 0 Å². The van der Waals surface area contributed by atoms with E-state index in [1.165, 1.54) is 0 Å². The molecule has 0 N–H and O–H groups in total. The maximum Gasteiger partial charge on any atom is 0.223 e. The van der Waals surface area contributed by atoms with Gasteiger partial charge in [-0.2, -0.15) is 0 Å². The van der Waals surface area contributed by atoms with Crippen molar-refractivity contribution in [2.75, 3.05) is 18.8 Å². The molecule has 0 atom stereocenters. The number of piperidine rings is 1. The molecule has 1 aliphatic rings. The number of nitrogens with zero attached hydrogens (tertiary/aromatic N) is 3. The van der Waals surface area contributed by atoms with Gasteiger partial charge < -0.3 is 4.90 Å². The van der Waals surface area contributed by atoms with Gasteiger partial charge in [0.2, 0.25) is 5.91 Å². The second-order valence-electron chi connectivity index (χ2n) is 6.17. The van der Waals surface area contributed by atoms with E-state index in [0.717, 1.165) is 18.5 Å². The number of amides is 1. The first-order valence-corrected chi connectivity index (χ1v) is 10.0. The quantitative estimate of drug-likeness (QED) is 0.816. The highest BCUT2D eigenvalue weighted by molar-refractivity contribution is 7.91. The Kier molecular flexibility index (Phi) is 5.43. The third kappa shape index (κ3) is 4.42. The number of hydrogen-bond acceptors (Lipinski definition) is 5. The lowest BCUT2D eigenvalue weighted by atomic mass is 9.93. The standard InChI is InChI=1S/C18H21N3O3S/c22-18(9-13-25(23,24)16-4-2-1-3-5-16)21-11-7-15(8-12-21)17-6-10-19-14-20-17/h1-6,10,14-15H,7-9,11-13H2. The lowest BCUT2D eigenvalue weighted by Gasteiger charge is -2.31. The number of carbonyl (C=O) groups excluding carboxylic acids is 1. The van der Waals surface area contributed by atoms with Crippen molar-refractivity contribution in [1.29, 1.82) is 0 Å². The number of carbonyl (C=O) groups is 1. The summed E-state index contributed by atoms with van der Waals surface area (Å²) in [6.45, 7) is 1.28. The Labute approximate surface area is 147 Å². The number of hydrogen-bond donors (Lipinski definition) is 0. The minimum Gasteiger partial charge on any atom is -0.343 e. The maximum atomic E-state index is 12.4. The molecule has 1 aromatic heterocycles. The molecule has 1 amide bonds. The average molecular weight is 359 g/mol. The topological polar surface area (TPSA) is 80.2 Å². The second kappa shape index (κ2) is 7.74. The average Bonchev–Trinajstić information content (AvgIpc) is 2.68. The van der Waals surface area contributed by atoms with E-state index in [1.807, 2.05) is 6.07 Å². The smallest absolute Gasteiger partial charge is 0.223 e. The predicted octanol–water partition coefficient (Wildman–Crippen LogP) is 2.05. The molecule has 2 aromatic rings. The zero-order chi connectivity index (χ0) is 17.7. The van der Waals surface area contributed by atoms with Gasteiger partial charge >= 0.3 is 0 Å². The summed E-state index contributed by atoms with van der Waals surface area (Å²) in [5, 5.41) is 0. The Morgan fingerprint density at radius 2 is 1.84 bits per heavy atom.